The van der Waals surface area contributed by atoms with Crippen LogP contribution in [0, 0.1) is 22.6 Å². The number of halogens is 1. The number of aromatic amines is 1. The maximum Gasteiger partial charge on any atom is 0.350 e. The first kappa shape index (κ1) is 26.5. The summed E-state index contributed by atoms with van der Waals surface area (Å²) in [5, 5.41) is 24.5. The van der Waals surface area contributed by atoms with E-state index in [1.807, 2.05) is 6.07 Å². The molecule has 14 heteroatoms. The standard InChI is InChI=1S/C25H22FN9O4/c1-13(36)39-18-12-16(4-5-17(18)22(28)29)32-21(15-10-14(6-7-27)20(26)19(11-15)38-2)23-33-25(37)35(34-23)24-30-8-3-9-31-24/h3-5,8-12,21,32H,6H2,1-2H3,(H3,28,29)(H,33,34,37)/t21-/m0/s1. The minimum Gasteiger partial charge on any atom is -0.494 e. The molecule has 39 heavy (non-hydrogen) atoms. The molecule has 0 saturated carbocycles. The van der Waals surface area contributed by atoms with Crippen LogP contribution in [0.15, 0.2) is 53.6 Å². The van der Waals surface area contributed by atoms with Gasteiger partial charge in [0.2, 0.25) is 0 Å². The van der Waals surface area contributed by atoms with Crippen LogP contribution in [0.3, 0.4) is 0 Å². The summed E-state index contributed by atoms with van der Waals surface area (Å²) in [6.45, 7) is 1.21. The van der Waals surface area contributed by atoms with E-state index in [0.717, 1.165) is 4.68 Å². The van der Waals surface area contributed by atoms with Crippen LogP contribution in [0.4, 0.5) is 10.1 Å². The summed E-state index contributed by atoms with van der Waals surface area (Å²) in [5.41, 5.74) is 6.00. The van der Waals surface area contributed by atoms with Crippen molar-refractivity contribution in [1.29, 1.82) is 10.7 Å². The van der Waals surface area contributed by atoms with E-state index < -0.39 is 23.5 Å². The van der Waals surface area contributed by atoms with E-state index in [-0.39, 0.29) is 46.7 Å². The maximum atomic E-state index is 14.8. The van der Waals surface area contributed by atoms with Gasteiger partial charge in [-0.15, -0.1) is 9.78 Å². The van der Waals surface area contributed by atoms with E-state index in [2.05, 4.69) is 25.4 Å². The first-order valence-corrected chi connectivity index (χ1v) is 11.3. The van der Waals surface area contributed by atoms with Gasteiger partial charge >= 0.3 is 11.7 Å². The highest BCUT2D eigenvalue weighted by Gasteiger charge is 2.25. The SMILES string of the molecule is COc1cc([C@H](Nc2ccc(C(=N)N)c(OC(C)=O)c2)c2nn(-c3ncccn3)c(=O)[nH]2)cc(CC#N)c1F. The number of amidine groups is 1. The minimum atomic E-state index is -0.942. The van der Waals surface area contributed by atoms with Gasteiger partial charge in [-0.3, -0.25) is 15.2 Å². The first-order valence-electron chi connectivity index (χ1n) is 11.3. The Balaban J connectivity index is 1.87. The molecule has 0 aliphatic carbocycles. The molecule has 0 spiro atoms. The molecule has 2 aromatic heterocycles. The Hall–Kier alpha value is -5.58. The lowest BCUT2D eigenvalue weighted by atomic mass is 10.00. The van der Waals surface area contributed by atoms with Gasteiger partial charge in [0, 0.05) is 36.6 Å². The van der Waals surface area contributed by atoms with E-state index in [1.54, 1.807) is 12.1 Å². The number of aromatic nitrogens is 5. The number of carbonyl (C=O) groups excluding carboxylic acids is 1. The van der Waals surface area contributed by atoms with Crippen molar-refractivity contribution in [2.24, 2.45) is 5.73 Å². The maximum absolute atomic E-state index is 14.8. The number of rotatable bonds is 9. The second kappa shape index (κ2) is 11.2. The molecule has 2 aromatic carbocycles. The van der Waals surface area contributed by atoms with Crippen molar-refractivity contribution in [1.82, 2.24) is 24.7 Å². The van der Waals surface area contributed by atoms with Crippen molar-refractivity contribution in [2.45, 2.75) is 19.4 Å². The molecule has 13 nitrogen and oxygen atoms in total. The smallest absolute Gasteiger partial charge is 0.350 e. The van der Waals surface area contributed by atoms with Gasteiger partial charge in [0.1, 0.15) is 17.6 Å². The second-order valence-electron chi connectivity index (χ2n) is 8.10. The van der Waals surface area contributed by atoms with Gasteiger partial charge in [-0.25, -0.2) is 19.2 Å². The quantitative estimate of drug-likeness (QED) is 0.107. The molecule has 5 N–H and O–H groups in total. The molecule has 0 aliphatic heterocycles. The molecule has 0 unspecified atom stereocenters. The molecule has 4 rings (SSSR count). The van der Waals surface area contributed by atoms with Crippen molar-refractivity contribution in [3.63, 3.8) is 0 Å². The fraction of sp³-hybridized carbons (Fsp3) is 0.160. The van der Waals surface area contributed by atoms with Gasteiger partial charge in [0.15, 0.2) is 17.4 Å². The van der Waals surface area contributed by atoms with E-state index >= 15 is 0 Å². The third-order valence-electron chi connectivity index (χ3n) is 5.45. The molecule has 0 radical (unpaired) electrons. The number of nitrogens with two attached hydrogens (primary N) is 1. The first-order chi connectivity index (χ1) is 18.7. The molecular formula is C25H22FN9O4. The number of H-pyrrole nitrogens is 1. The van der Waals surface area contributed by atoms with Crippen LogP contribution in [0.5, 0.6) is 11.5 Å². The highest BCUT2D eigenvalue weighted by Crippen LogP contribution is 2.33. The fourth-order valence-electron chi connectivity index (χ4n) is 3.77. The number of methoxy groups -OCH3 is 1. The average Bonchev–Trinajstić information content (AvgIpc) is 3.30. The number of nitrogens with zero attached hydrogens (tertiary/aromatic N) is 5. The lowest BCUT2D eigenvalue weighted by Gasteiger charge is -2.21. The molecule has 1 atom stereocenters. The number of hydrogen-bond acceptors (Lipinski definition) is 10. The van der Waals surface area contributed by atoms with Gasteiger partial charge in [-0.05, 0) is 35.9 Å². The van der Waals surface area contributed by atoms with Crippen LogP contribution in [0.25, 0.3) is 5.95 Å². The Kier molecular flexibility index (Phi) is 7.62. The van der Waals surface area contributed by atoms with E-state index in [9.17, 15) is 19.2 Å². The molecule has 0 fully saturated rings. The lowest BCUT2D eigenvalue weighted by Crippen LogP contribution is -2.18. The zero-order chi connectivity index (χ0) is 28.1. The number of carbonyl (C=O) groups is 1. The fourth-order valence-corrected chi connectivity index (χ4v) is 3.77. The number of esters is 1. The molecular weight excluding hydrogens is 509 g/mol. The van der Waals surface area contributed by atoms with Crippen molar-refractivity contribution in [3.8, 4) is 23.5 Å². The minimum absolute atomic E-state index is 0.0218. The van der Waals surface area contributed by atoms with Gasteiger partial charge < -0.3 is 20.5 Å². The summed E-state index contributed by atoms with van der Waals surface area (Å²) < 4.78 is 26.2. The van der Waals surface area contributed by atoms with Crippen LogP contribution in [-0.4, -0.2) is 43.6 Å². The van der Waals surface area contributed by atoms with Crippen molar-refractivity contribution in [2.75, 3.05) is 12.4 Å². The molecule has 2 heterocycles. The van der Waals surface area contributed by atoms with Gasteiger partial charge in [-0.2, -0.15) is 5.26 Å². The summed E-state index contributed by atoms with van der Waals surface area (Å²) in [6.07, 6.45) is 2.66. The van der Waals surface area contributed by atoms with E-state index in [0.29, 0.717) is 11.3 Å². The Morgan fingerprint density at radius 3 is 2.67 bits per heavy atom. The largest absolute Gasteiger partial charge is 0.494 e. The predicted octanol–water partition coefficient (Wildman–Crippen LogP) is 1.98. The van der Waals surface area contributed by atoms with Crippen molar-refractivity contribution in [3.05, 3.63) is 87.6 Å². The normalized spacial score (nSPS) is 11.3. The summed E-state index contributed by atoms with van der Waals surface area (Å²) >= 11 is 0. The number of nitrogen functional groups attached to an aromatic ring is 1. The van der Waals surface area contributed by atoms with Crippen LogP contribution in [-0.2, 0) is 11.2 Å². The van der Waals surface area contributed by atoms with Crippen molar-refractivity contribution >= 4 is 17.5 Å². The van der Waals surface area contributed by atoms with E-state index in [1.165, 1.54) is 50.7 Å². The van der Waals surface area contributed by atoms with Gasteiger partial charge in [0.25, 0.3) is 5.95 Å². The zero-order valence-corrected chi connectivity index (χ0v) is 20.7. The molecule has 4 aromatic rings. The summed E-state index contributed by atoms with van der Waals surface area (Å²) in [5.74, 6) is -1.61. The van der Waals surface area contributed by atoms with Gasteiger partial charge in [-0.1, -0.05) is 0 Å². The molecule has 0 bridgehead atoms. The molecule has 0 amide bonds. The molecule has 198 valence electrons. The Morgan fingerprint density at radius 1 is 1.28 bits per heavy atom. The summed E-state index contributed by atoms with van der Waals surface area (Å²) in [4.78, 5) is 35.2. The highest BCUT2D eigenvalue weighted by molar-refractivity contribution is 5.98. The number of anilines is 1. The number of nitriles is 1. The third kappa shape index (κ3) is 5.72. The Morgan fingerprint density at radius 2 is 2.03 bits per heavy atom. The zero-order valence-electron chi connectivity index (χ0n) is 20.7. The molecule has 0 saturated heterocycles. The average molecular weight is 532 g/mol. The van der Waals surface area contributed by atoms with Crippen LogP contribution in [0.1, 0.15) is 35.5 Å². The second-order valence-corrected chi connectivity index (χ2v) is 8.10. The Bertz CT molecular complexity index is 1640. The van der Waals surface area contributed by atoms with Crippen LogP contribution < -0.4 is 26.2 Å². The Labute approximate surface area is 220 Å². The van der Waals surface area contributed by atoms with E-state index in [4.69, 9.17) is 20.6 Å². The van der Waals surface area contributed by atoms with Crippen LogP contribution >= 0.6 is 0 Å². The van der Waals surface area contributed by atoms with Crippen molar-refractivity contribution < 1.29 is 18.7 Å². The summed E-state index contributed by atoms with van der Waals surface area (Å²) in [6, 6.07) is 9.91. The molecule has 0 aliphatic rings. The lowest BCUT2D eigenvalue weighted by molar-refractivity contribution is -0.131. The topological polar surface area (TPSA) is 198 Å². The number of hydrogen-bond donors (Lipinski definition) is 4. The third-order valence-corrected chi connectivity index (χ3v) is 5.45. The monoisotopic (exact) mass is 531 g/mol. The summed E-state index contributed by atoms with van der Waals surface area (Å²) in [7, 11) is 1.29. The highest BCUT2D eigenvalue weighted by atomic mass is 19.1. The van der Waals surface area contributed by atoms with Gasteiger partial charge in [0.05, 0.1) is 25.2 Å². The number of nitrogens with one attached hydrogen (secondary N) is 3. The predicted molar refractivity (Wildman–Crippen MR) is 136 cm³/mol. The van der Waals surface area contributed by atoms with Crippen LogP contribution in [0.2, 0.25) is 0 Å². The number of benzene rings is 2. The number of ether oxygens (including phenoxy) is 2.